The van der Waals surface area contributed by atoms with E-state index in [2.05, 4.69) is 0 Å². The van der Waals surface area contributed by atoms with E-state index in [1.807, 2.05) is 42.5 Å². The van der Waals surface area contributed by atoms with Gasteiger partial charge in [-0.15, -0.1) is 0 Å². The second-order valence-corrected chi connectivity index (χ2v) is 10.4. The first-order chi connectivity index (χ1) is 20.4. The number of hydrogen-bond acceptors (Lipinski definition) is 7. The maximum Gasteiger partial charge on any atom is 0.248 e. The third-order valence-electron chi connectivity index (χ3n) is 7.75. The topological polar surface area (TPSA) is 130 Å². The molecule has 8 nitrogen and oxygen atoms in total. The quantitative estimate of drug-likeness (QED) is 0.281. The summed E-state index contributed by atoms with van der Waals surface area (Å²) in [6, 6.07) is 28.0. The molecule has 1 atom stereocenters. The molecular weight excluding hydrogens is 554 g/mol. The summed E-state index contributed by atoms with van der Waals surface area (Å²) in [7, 11) is 0. The van der Waals surface area contributed by atoms with Crippen LogP contribution < -0.4 is 20.8 Å². The highest BCUT2D eigenvalue weighted by Crippen LogP contribution is 2.60. The van der Waals surface area contributed by atoms with Crippen LogP contribution in [0.3, 0.4) is 0 Å². The summed E-state index contributed by atoms with van der Waals surface area (Å²) in [6.45, 7) is 0.129. The number of carbonyl (C=O) groups is 1. The molecule has 5 aromatic rings. The van der Waals surface area contributed by atoms with Gasteiger partial charge in [0.05, 0.1) is 22.8 Å². The predicted molar refractivity (Wildman–Crippen MR) is 157 cm³/mol. The molecule has 0 radical (unpaired) electrons. The summed E-state index contributed by atoms with van der Waals surface area (Å²) in [5.41, 5.74) is 5.73. The van der Waals surface area contributed by atoms with E-state index in [0.29, 0.717) is 16.8 Å². The number of nitrogens with zero attached hydrogens (tertiary/aromatic N) is 2. The van der Waals surface area contributed by atoms with Crippen LogP contribution in [-0.2, 0) is 16.8 Å². The van der Waals surface area contributed by atoms with Gasteiger partial charge < -0.3 is 24.9 Å². The van der Waals surface area contributed by atoms with Crippen LogP contribution >= 0.6 is 11.6 Å². The fourth-order valence-electron chi connectivity index (χ4n) is 6.00. The molecule has 0 saturated carbocycles. The number of fused-ring (bicyclic) bond motifs is 5. The van der Waals surface area contributed by atoms with E-state index in [1.165, 1.54) is 17.0 Å². The lowest BCUT2D eigenvalue weighted by molar-refractivity contribution is -0.121. The Balaban J connectivity index is 1.55. The van der Waals surface area contributed by atoms with Gasteiger partial charge in [-0.2, -0.15) is 5.26 Å². The number of hydrogen-bond donors (Lipinski definition) is 2. The van der Waals surface area contributed by atoms with Crippen LogP contribution in [0, 0.1) is 11.3 Å². The third-order valence-corrected chi connectivity index (χ3v) is 8.06. The second-order valence-electron chi connectivity index (χ2n) is 10.0. The Kier molecular flexibility index (Phi) is 5.61. The van der Waals surface area contributed by atoms with Crippen molar-refractivity contribution in [2.45, 2.75) is 12.0 Å². The lowest BCUT2D eigenvalue weighted by atomic mass is 9.68. The van der Waals surface area contributed by atoms with Crippen LogP contribution in [0.5, 0.6) is 11.5 Å². The first-order valence-corrected chi connectivity index (χ1v) is 13.4. The van der Waals surface area contributed by atoms with Gasteiger partial charge >= 0.3 is 0 Å². The number of phenols is 1. The van der Waals surface area contributed by atoms with Crippen molar-refractivity contribution in [1.29, 1.82) is 5.26 Å². The molecule has 1 aromatic heterocycles. The van der Waals surface area contributed by atoms with Crippen molar-refractivity contribution >= 4 is 34.2 Å². The number of carbonyl (C=O) groups excluding carboxylic acids is 1. The van der Waals surface area contributed by atoms with Gasteiger partial charge in [0.25, 0.3) is 0 Å². The zero-order valence-electron chi connectivity index (χ0n) is 21.8. The number of halogens is 1. The van der Waals surface area contributed by atoms with Crippen LogP contribution in [0.15, 0.2) is 112 Å². The number of rotatable bonds is 3. The molecule has 0 fully saturated rings. The number of aromatic hydroxyl groups is 1. The maximum atomic E-state index is 14.7. The van der Waals surface area contributed by atoms with E-state index in [1.54, 1.807) is 42.5 Å². The summed E-state index contributed by atoms with van der Waals surface area (Å²) >= 11 is 6.71. The van der Waals surface area contributed by atoms with Crippen LogP contribution in [0.2, 0.25) is 5.02 Å². The molecule has 2 aliphatic heterocycles. The van der Waals surface area contributed by atoms with E-state index in [-0.39, 0.29) is 51.1 Å². The van der Waals surface area contributed by atoms with Crippen LogP contribution in [0.4, 0.5) is 5.69 Å². The molecule has 0 saturated heterocycles. The van der Waals surface area contributed by atoms with Crippen molar-refractivity contribution in [3.05, 3.63) is 134 Å². The summed E-state index contributed by atoms with van der Waals surface area (Å²) in [5, 5.41) is 22.3. The summed E-state index contributed by atoms with van der Waals surface area (Å²) < 4.78 is 11.9. The fourth-order valence-corrected chi connectivity index (χ4v) is 6.27. The van der Waals surface area contributed by atoms with Crippen molar-refractivity contribution in [3.8, 4) is 28.9 Å². The van der Waals surface area contributed by atoms with E-state index >= 15 is 0 Å². The highest BCUT2D eigenvalue weighted by Gasteiger charge is 2.61. The van der Waals surface area contributed by atoms with Crippen molar-refractivity contribution in [1.82, 2.24) is 0 Å². The van der Waals surface area contributed by atoms with Crippen LogP contribution in [0.1, 0.15) is 16.7 Å². The Hall–Kier alpha value is -5.52. The van der Waals surface area contributed by atoms with Gasteiger partial charge in [-0.25, -0.2) is 0 Å². The number of nitriles is 1. The molecule has 42 heavy (non-hydrogen) atoms. The Morgan fingerprint density at radius 3 is 2.40 bits per heavy atom. The monoisotopic (exact) mass is 573 g/mol. The summed E-state index contributed by atoms with van der Waals surface area (Å²) in [6.07, 6.45) is 0. The molecule has 2 aliphatic rings. The first kappa shape index (κ1) is 25.4. The average Bonchev–Trinajstić information content (AvgIpc) is 3.22. The van der Waals surface area contributed by atoms with E-state index < -0.39 is 22.5 Å². The highest BCUT2D eigenvalue weighted by atomic mass is 35.5. The molecule has 1 amide bonds. The van der Waals surface area contributed by atoms with Crippen molar-refractivity contribution in [3.63, 3.8) is 0 Å². The second kappa shape index (κ2) is 9.26. The molecule has 9 heteroatoms. The van der Waals surface area contributed by atoms with E-state index in [4.69, 9.17) is 26.5 Å². The molecular formula is C33H20ClN3O5. The zero-order valence-corrected chi connectivity index (χ0v) is 22.6. The minimum Gasteiger partial charge on any atom is -0.507 e. The Morgan fingerprint density at radius 2 is 1.69 bits per heavy atom. The van der Waals surface area contributed by atoms with Gasteiger partial charge in [-0.3, -0.25) is 9.59 Å². The Bertz CT molecular complexity index is 2080. The smallest absolute Gasteiger partial charge is 0.248 e. The number of amides is 1. The molecule has 3 N–H and O–H groups in total. The van der Waals surface area contributed by atoms with Gasteiger partial charge in [0.1, 0.15) is 45.3 Å². The number of anilines is 1. The zero-order chi connectivity index (χ0) is 29.2. The van der Waals surface area contributed by atoms with Gasteiger partial charge in [-0.1, -0.05) is 84.4 Å². The van der Waals surface area contributed by atoms with Gasteiger partial charge in [0.2, 0.25) is 11.8 Å². The van der Waals surface area contributed by atoms with Crippen LogP contribution in [0.25, 0.3) is 22.3 Å². The average molecular weight is 574 g/mol. The molecule has 7 rings (SSSR count). The number of ether oxygens (including phenoxy) is 1. The number of benzene rings is 4. The molecule has 0 aliphatic carbocycles. The van der Waals surface area contributed by atoms with Crippen LogP contribution in [-0.4, -0.2) is 11.0 Å². The molecule has 1 spiro atoms. The third kappa shape index (κ3) is 3.41. The highest BCUT2D eigenvalue weighted by molar-refractivity contribution is 6.35. The minimum atomic E-state index is -1.94. The van der Waals surface area contributed by atoms with E-state index in [0.717, 1.165) is 5.56 Å². The first-order valence-electron chi connectivity index (χ1n) is 13.0. The maximum absolute atomic E-state index is 14.7. The normalized spacial score (nSPS) is 17.2. The Labute approximate surface area is 244 Å². The van der Waals surface area contributed by atoms with Crippen molar-refractivity contribution in [2.24, 2.45) is 5.73 Å². The summed E-state index contributed by atoms with van der Waals surface area (Å²) in [5.74, 6) is -1.17. The van der Waals surface area contributed by atoms with Gasteiger partial charge in [0, 0.05) is 23.3 Å². The van der Waals surface area contributed by atoms with Gasteiger partial charge in [-0.05, 0) is 11.6 Å². The number of nitrogens with two attached hydrogens (primary N) is 1. The molecule has 1 unspecified atom stereocenters. The van der Waals surface area contributed by atoms with Gasteiger partial charge in [0.15, 0.2) is 5.43 Å². The molecule has 4 aromatic carbocycles. The summed E-state index contributed by atoms with van der Waals surface area (Å²) in [4.78, 5) is 29.7. The molecule has 3 heterocycles. The lowest BCUT2D eigenvalue weighted by Crippen LogP contribution is -2.45. The molecule has 0 bridgehead atoms. The molecule has 204 valence electrons. The fraction of sp³-hybridized carbons (Fsp3) is 0.0606. The number of para-hydroxylation sites is 1. The number of phenolic OH excluding ortho intramolecular Hbond substituents is 1. The SMILES string of the molecule is N#CC1=C(N)Oc2cc3oc(-c4ccccc4)cc(=O)c3c(O)c2C12C(=O)N(Cc1ccccc1)c1c(Cl)cccc12. The Morgan fingerprint density at radius 1 is 0.976 bits per heavy atom. The van der Waals surface area contributed by atoms with Crippen molar-refractivity contribution in [2.75, 3.05) is 4.90 Å². The predicted octanol–water partition coefficient (Wildman–Crippen LogP) is 5.74. The van der Waals surface area contributed by atoms with Crippen molar-refractivity contribution < 1.29 is 19.1 Å². The minimum absolute atomic E-state index is 0.0225. The van der Waals surface area contributed by atoms with E-state index in [9.17, 15) is 20.0 Å². The lowest BCUT2D eigenvalue weighted by Gasteiger charge is -2.35. The largest absolute Gasteiger partial charge is 0.507 e. The standard InChI is InChI=1S/C33H20ClN3O5/c34-22-13-7-12-20-29(22)37(17-18-8-3-1-4-9-18)32(40)33(20)21(16-35)31(36)42-26-15-25-27(30(39)28(26)33)23(38)14-24(41-25)19-10-5-2-6-11-19/h1-15,39H,17,36H2.